The minimum absolute atomic E-state index is 0.281. The molecule has 1 atom stereocenters. The summed E-state index contributed by atoms with van der Waals surface area (Å²) in [5, 5.41) is 9.47. The van der Waals surface area contributed by atoms with Crippen LogP contribution >= 0.6 is 15.9 Å². The number of halogens is 1. The van der Waals surface area contributed by atoms with Crippen molar-refractivity contribution in [1.29, 1.82) is 0 Å². The Morgan fingerprint density at radius 1 is 1.53 bits per heavy atom. The van der Waals surface area contributed by atoms with Gasteiger partial charge in [-0.05, 0) is 34.5 Å². The standard InChI is InChI=1S/C11H12BrNO2/c12-10-3-1-2-8(7-14)11(10)13-5-4-9(15)6-13/h1-3,7,9,15H,4-6H2. The monoisotopic (exact) mass is 269 g/mol. The third-order valence-electron chi connectivity index (χ3n) is 2.62. The number of β-amino-alcohol motifs (C(OH)–C–C–N with tert-alkyl or cyclic N) is 1. The number of aliphatic hydroxyl groups is 1. The number of hydrogen-bond donors (Lipinski definition) is 1. The Kier molecular flexibility index (Phi) is 3.07. The van der Waals surface area contributed by atoms with Gasteiger partial charge < -0.3 is 10.0 Å². The zero-order valence-electron chi connectivity index (χ0n) is 8.19. The Hall–Kier alpha value is -0.870. The fourth-order valence-corrected chi connectivity index (χ4v) is 2.54. The summed E-state index contributed by atoms with van der Waals surface area (Å²) in [5.41, 5.74) is 1.56. The predicted molar refractivity (Wildman–Crippen MR) is 62.4 cm³/mol. The van der Waals surface area contributed by atoms with E-state index in [9.17, 15) is 9.90 Å². The molecule has 15 heavy (non-hydrogen) atoms. The first-order chi connectivity index (χ1) is 7.22. The van der Waals surface area contributed by atoms with Crippen LogP contribution in [0.1, 0.15) is 16.8 Å². The largest absolute Gasteiger partial charge is 0.391 e. The number of para-hydroxylation sites is 1. The predicted octanol–water partition coefficient (Wildman–Crippen LogP) is 1.83. The first-order valence-electron chi connectivity index (χ1n) is 4.89. The van der Waals surface area contributed by atoms with Crippen molar-refractivity contribution in [2.75, 3.05) is 18.0 Å². The van der Waals surface area contributed by atoms with E-state index in [1.807, 2.05) is 17.0 Å². The van der Waals surface area contributed by atoms with Gasteiger partial charge in [-0.1, -0.05) is 6.07 Å². The van der Waals surface area contributed by atoms with Gasteiger partial charge in [-0.25, -0.2) is 0 Å². The fourth-order valence-electron chi connectivity index (χ4n) is 1.91. The van der Waals surface area contributed by atoms with E-state index in [4.69, 9.17) is 0 Å². The van der Waals surface area contributed by atoms with E-state index in [1.165, 1.54) is 0 Å². The summed E-state index contributed by atoms with van der Waals surface area (Å²) in [5.74, 6) is 0. The highest BCUT2D eigenvalue weighted by molar-refractivity contribution is 9.10. The zero-order chi connectivity index (χ0) is 10.8. The van der Waals surface area contributed by atoms with Crippen LogP contribution in [0.2, 0.25) is 0 Å². The molecule has 4 heteroatoms. The number of anilines is 1. The molecule has 80 valence electrons. The molecule has 0 radical (unpaired) electrons. The number of carbonyl (C=O) groups excluding carboxylic acids is 1. The SMILES string of the molecule is O=Cc1cccc(Br)c1N1CCC(O)C1. The smallest absolute Gasteiger partial charge is 0.152 e. The first kappa shape index (κ1) is 10.6. The highest BCUT2D eigenvalue weighted by Gasteiger charge is 2.23. The third-order valence-corrected chi connectivity index (χ3v) is 3.26. The average molecular weight is 270 g/mol. The first-order valence-corrected chi connectivity index (χ1v) is 5.68. The molecule has 1 heterocycles. The highest BCUT2D eigenvalue weighted by Crippen LogP contribution is 2.31. The molecule has 3 nitrogen and oxygen atoms in total. The van der Waals surface area contributed by atoms with Crippen LogP contribution in [0.25, 0.3) is 0 Å². The van der Waals surface area contributed by atoms with Crippen LogP contribution in [-0.4, -0.2) is 30.6 Å². The van der Waals surface area contributed by atoms with Gasteiger partial charge in [0.1, 0.15) is 0 Å². The summed E-state index contributed by atoms with van der Waals surface area (Å²) in [4.78, 5) is 12.9. The summed E-state index contributed by atoms with van der Waals surface area (Å²) in [6.07, 6.45) is 1.33. The second-order valence-corrected chi connectivity index (χ2v) is 4.54. The molecule has 1 aromatic rings. The van der Waals surface area contributed by atoms with Crippen LogP contribution in [0.5, 0.6) is 0 Å². The van der Waals surface area contributed by atoms with E-state index in [0.29, 0.717) is 12.1 Å². The molecule has 2 rings (SSSR count). The lowest BCUT2D eigenvalue weighted by atomic mass is 10.2. The maximum atomic E-state index is 10.9. The van der Waals surface area contributed by atoms with E-state index in [1.54, 1.807) is 6.07 Å². The van der Waals surface area contributed by atoms with Gasteiger partial charge in [0.2, 0.25) is 0 Å². The number of benzene rings is 1. The molecule has 1 aliphatic rings. The van der Waals surface area contributed by atoms with E-state index in [2.05, 4.69) is 15.9 Å². The van der Waals surface area contributed by atoms with Gasteiger partial charge in [-0.15, -0.1) is 0 Å². The minimum Gasteiger partial charge on any atom is -0.391 e. The van der Waals surface area contributed by atoms with Crippen LogP contribution in [0.15, 0.2) is 22.7 Å². The van der Waals surface area contributed by atoms with Crippen molar-refractivity contribution in [3.05, 3.63) is 28.2 Å². The van der Waals surface area contributed by atoms with Crippen LogP contribution in [-0.2, 0) is 0 Å². The molecule has 0 saturated carbocycles. The van der Waals surface area contributed by atoms with Gasteiger partial charge in [0, 0.05) is 23.1 Å². The molecule has 0 aromatic heterocycles. The Morgan fingerprint density at radius 3 is 2.93 bits per heavy atom. The summed E-state index contributed by atoms with van der Waals surface area (Å²) in [7, 11) is 0. The van der Waals surface area contributed by atoms with Gasteiger partial charge >= 0.3 is 0 Å². The average Bonchev–Trinajstić information content (AvgIpc) is 2.64. The molecule has 1 unspecified atom stereocenters. The number of aldehydes is 1. The van der Waals surface area contributed by atoms with Crippen molar-refractivity contribution >= 4 is 27.9 Å². The molecule has 1 aliphatic heterocycles. The lowest BCUT2D eigenvalue weighted by molar-refractivity contribution is 0.112. The van der Waals surface area contributed by atoms with E-state index < -0.39 is 0 Å². The van der Waals surface area contributed by atoms with Crippen LogP contribution in [0.4, 0.5) is 5.69 Å². The Morgan fingerprint density at radius 2 is 2.33 bits per heavy atom. The quantitative estimate of drug-likeness (QED) is 0.833. The summed E-state index contributed by atoms with van der Waals surface area (Å²) < 4.78 is 0.904. The highest BCUT2D eigenvalue weighted by atomic mass is 79.9. The van der Waals surface area contributed by atoms with Gasteiger partial charge in [-0.2, -0.15) is 0 Å². The van der Waals surface area contributed by atoms with Crippen molar-refractivity contribution in [2.45, 2.75) is 12.5 Å². The van der Waals surface area contributed by atoms with E-state index >= 15 is 0 Å². The summed E-state index contributed by atoms with van der Waals surface area (Å²) >= 11 is 3.44. The molecule has 0 spiro atoms. The maximum Gasteiger partial charge on any atom is 0.152 e. The van der Waals surface area contributed by atoms with Gasteiger partial charge in [-0.3, -0.25) is 4.79 Å². The third kappa shape index (κ3) is 2.06. The zero-order valence-corrected chi connectivity index (χ0v) is 9.77. The van der Waals surface area contributed by atoms with E-state index in [-0.39, 0.29) is 6.10 Å². The number of rotatable bonds is 2. The second-order valence-electron chi connectivity index (χ2n) is 3.68. The summed E-state index contributed by atoms with van der Waals surface area (Å²) in [6.45, 7) is 1.40. The van der Waals surface area contributed by atoms with Crippen LogP contribution < -0.4 is 4.90 Å². The molecule has 1 fully saturated rings. The van der Waals surface area contributed by atoms with Crippen molar-refractivity contribution in [3.63, 3.8) is 0 Å². The number of nitrogens with zero attached hydrogens (tertiary/aromatic N) is 1. The molecule has 0 bridgehead atoms. The van der Waals surface area contributed by atoms with Crippen LogP contribution in [0, 0.1) is 0 Å². The number of aliphatic hydroxyl groups excluding tert-OH is 1. The van der Waals surface area contributed by atoms with Crippen molar-refractivity contribution in [2.24, 2.45) is 0 Å². The number of carbonyl (C=O) groups is 1. The Balaban J connectivity index is 2.37. The van der Waals surface area contributed by atoms with Crippen molar-refractivity contribution in [3.8, 4) is 0 Å². The molecular weight excluding hydrogens is 258 g/mol. The minimum atomic E-state index is -0.281. The second kappa shape index (κ2) is 4.33. The lowest BCUT2D eigenvalue weighted by Gasteiger charge is -2.21. The topological polar surface area (TPSA) is 40.5 Å². The molecule has 0 aliphatic carbocycles. The van der Waals surface area contributed by atoms with Gasteiger partial charge in [0.05, 0.1) is 11.8 Å². The lowest BCUT2D eigenvalue weighted by Crippen LogP contribution is -2.22. The summed E-state index contributed by atoms with van der Waals surface area (Å²) in [6, 6.07) is 5.54. The normalized spacial score (nSPS) is 20.7. The molecular formula is C11H12BrNO2. The molecule has 1 aromatic carbocycles. The maximum absolute atomic E-state index is 10.9. The number of hydrogen-bond acceptors (Lipinski definition) is 3. The van der Waals surface area contributed by atoms with Crippen LogP contribution in [0.3, 0.4) is 0 Å². The van der Waals surface area contributed by atoms with Crippen molar-refractivity contribution in [1.82, 2.24) is 0 Å². The molecule has 1 saturated heterocycles. The Bertz CT molecular complexity index is 381. The van der Waals surface area contributed by atoms with E-state index in [0.717, 1.165) is 29.4 Å². The Labute approximate surface area is 96.8 Å². The molecule has 1 N–H and O–H groups in total. The van der Waals surface area contributed by atoms with Gasteiger partial charge in [0.15, 0.2) is 6.29 Å². The molecule has 0 amide bonds. The fraction of sp³-hybridized carbons (Fsp3) is 0.364. The van der Waals surface area contributed by atoms with Gasteiger partial charge in [0.25, 0.3) is 0 Å². The van der Waals surface area contributed by atoms with Crippen molar-refractivity contribution < 1.29 is 9.90 Å².